The Labute approximate surface area is 177 Å². The predicted octanol–water partition coefficient (Wildman–Crippen LogP) is 2.50. The minimum Gasteiger partial charge on any atom is -0.493 e. The molecule has 0 radical (unpaired) electrons. The number of carbonyl (C=O) groups excluding carboxylic acids is 1. The van der Waals surface area contributed by atoms with Crippen molar-refractivity contribution >= 4 is 17.4 Å². The van der Waals surface area contributed by atoms with Gasteiger partial charge in [0.15, 0.2) is 28.8 Å². The summed E-state index contributed by atoms with van der Waals surface area (Å²) < 4.78 is 14.6. The fourth-order valence-corrected chi connectivity index (χ4v) is 3.94. The van der Waals surface area contributed by atoms with E-state index in [1.807, 2.05) is 38.1 Å². The van der Waals surface area contributed by atoms with E-state index >= 15 is 0 Å². The fourth-order valence-electron chi connectivity index (χ4n) is 3.94. The Morgan fingerprint density at radius 3 is 2.87 bits per heavy atom. The highest BCUT2D eigenvalue weighted by Crippen LogP contribution is 2.44. The van der Waals surface area contributed by atoms with Crippen molar-refractivity contribution in [3.05, 3.63) is 53.5 Å². The van der Waals surface area contributed by atoms with E-state index < -0.39 is 0 Å². The van der Waals surface area contributed by atoms with Crippen molar-refractivity contribution in [1.29, 1.82) is 0 Å². The Morgan fingerprint density at radius 2 is 2.06 bits per heavy atom. The number of anilines is 1. The van der Waals surface area contributed by atoms with Crippen molar-refractivity contribution in [1.82, 2.24) is 29.6 Å². The maximum atomic E-state index is 12.7. The van der Waals surface area contributed by atoms with Crippen molar-refractivity contribution in [3.63, 3.8) is 0 Å². The smallest absolute Gasteiger partial charge is 0.226 e. The molecule has 31 heavy (non-hydrogen) atoms. The van der Waals surface area contributed by atoms with E-state index in [1.165, 1.54) is 0 Å². The van der Waals surface area contributed by atoms with Crippen LogP contribution < -0.4 is 14.8 Å². The number of nitrogens with zero attached hydrogens (tertiary/aromatic N) is 6. The van der Waals surface area contributed by atoms with Crippen LogP contribution in [0, 0.1) is 6.92 Å². The molecule has 1 aromatic carbocycles. The van der Waals surface area contributed by atoms with Gasteiger partial charge in [-0.1, -0.05) is 12.1 Å². The number of hydrogen-bond acceptors (Lipinski definition) is 7. The molecule has 1 N–H and O–H groups in total. The Balaban J connectivity index is 1.64. The number of carbonyl (C=O) groups is 1. The number of fused-ring (bicyclic) bond motifs is 2. The van der Waals surface area contributed by atoms with Crippen LogP contribution in [0.25, 0.3) is 11.5 Å². The van der Waals surface area contributed by atoms with Crippen LogP contribution in [0.2, 0.25) is 0 Å². The molecule has 3 aromatic heterocycles. The Bertz CT molecular complexity index is 1290. The number of methoxy groups -OCH3 is 1. The average Bonchev–Trinajstić information content (AvgIpc) is 3.37. The Kier molecular flexibility index (Phi) is 4.54. The summed E-state index contributed by atoms with van der Waals surface area (Å²) in [5.74, 6) is 2.75. The Morgan fingerprint density at radius 1 is 1.19 bits per heavy atom. The molecule has 0 saturated heterocycles. The molecule has 1 amide bonds. The lowest BCUT2D eigenvalue weighted by molar-refractivity contribution is -0.116. The van der Waals surface area contributed by atoms with Crippen molar-refractivity contribution in [2.75, 3.05) is 19.0 Å². The molecule has 0 unspecified atom stereocenters. The third kappa shape index (κ3) is 3.07. The third-order valence-corrected chi connectivity index (χ3v) is 5.34. The van der Waals surface area contributed by atoms with Crippen molar-refractivity contribution < 1.29 is 14.3 Å². The van der Waals surface area contributed by atoms with Gasteiger partial charge in [0.05, 0.1) is 19.9 Å². The maximum Gasteiger partial charge on any atom is 0.226 e. The second-order valence-corrected chi connectivity index (χ2v) is 7.19. The van der Waals surface area contributed by atoms with E-state index in [0.717, 1.165) is 11.1 Å². The molecule has 0 spiro atoms. The molecule has 1 atom stereocenters. The normalized spacial score (nSPS) is 15.6. The zero-order valence-corrected chi connectivity index (χ0v) is 17.4. The zero-order valence-electron chi connectivity index (χ0n) is 17.4. The summed E-state index contributed by atoms with van der Waals surface area (Å²) in [5.41, 5.74) is 2.41. The third-order valence-electron chi connectivity index (χ3n) is 5.34. The van der Waals surface area contributed by atoms with Crippen LogP contribution in [0.1, 0.15) is 36.2 Å². The van der Waals surface area contributed by atoms with Gasteiger partial charge < -0.3 is 14.8 Å². The summed E-state index contributed by atoms with van der Waals surface area (Å²) in [6.45, 7) is 4.23. The highest BCUT2D eigenvalue weighted by molar-refractivity contribution is 5.94. The van der Waals surface area contributed by atoms with E-state index in [2.05, 4.69) is 25.7 Å². The van der Waals surface area contributed by atoms with Crippen LogP contribution in [0.3, 0.4) is 0 Å². The monoisotopic (exact) mass is 419 g/mol. The number of benzene rings is 1. The van der Waals surface area contributed by atoms with Crippen LogP contribution in [0.5, 0.6) is 11.5 Å². The van der Waals surface area contributed by atoms with Gasteiger partial charge in [-0.25, -0.2) is 0 Å². The van der Waals surface area contributed by atoms with Crippen LogP contribution in [0.4, 0.5) is 5.82 Å². The van der Waals surface area contributed by atoms with Gasteiger partial charge in [-0.3, -0.25) is 4.79 Å². The van der Waals surface area contributed by atoms with Gasteiger partial charge in [-0.2, -0.15) is 14.3 Å². The topological polar surface area (TPSA) is 108 Å². The molecule has 0 bridgehead atoms. The number of para-hydroxylation sites is 1. The first-order valence-corrected chi connectivity index (χ1v) is 9.97. The molecule has 4 heterocycles. The second kappa shape index (κ2) is 7.38. The average molecular weight is 419 g/mol. The Hall–Kier alpha value is -3.95. The van der Waals surface area contributed by atoms with Crippen molar-refractivity contribution in [2.45, 2.75) is 26.2 Å². The molecule has 4 aromatic rings. The molecule has 158 valence electrons. The van der Waals surface area contributed by atoms with Gasteiger partial charge in [0.1, 0.15) is 5.82 Å². The maximum absolute atomic E-state index is 12.7. The summed E-state index contributed by atoms with van der Waals surface area (Å²) in [5, 5.41) is 20.2. The zero-order chi connectivity index (χ0) is 21.5. The number of aromatic nitrogens is 6. The van der Waals surface area contributed by atoms with Gasteiger partial charge in [0.25, 0.3) is 0 Å². The number of rotatable bonds is 5. The molecule has 1 aliphatic rings. The molecule has 10 nitrogen and oxygen atoms in total. The van der Waals surface area contributed by atoms with Crippen LogP contribution in [-0.4, -0.2) is 49.2 Å². The summed E-state index contributed by atoms with van der Waals surface area (Å²) >= 11 is 0. The quantitative estimate of drug-likeness (QED) is 0.529. The number of ether oxygens (including phenoxy) is 2. The SMILES string of the molecule is CCOc1c(OC)cccc1[C@@H]1CC(=O)Nc2c1cnn2-c1ccc2nnc(C)n2n1. The number of amides is 1. The summed E-state index contributed by atoms with van der Waals surface area (Å²) in [4.78, 5) is 12.7. The van der Waals surface area contributed by atoms with E-state index in [1.54, 1.807) is 28.6 Å². The van der Waals surface area contributed by atoms with Crippen LogP contribution >= 0.6 is 0 Å². The van der Waals surface area contributed by atoms with E-state index in [9.17, 15) is 4.79 Å². The first-order valence-electron chi connectivity index (χ1n) is 9.97. The van der Waals surface area contributed by atoms with Gasteiger partial charge >= 0.3 is 0 Å². The molecule has 0 aliphatic carbocycles. The summed E-state index contributed by atoms with van der Waals surface area (Å²) in [6.07, 6.45) is 2.04. The van der Waals surface area contributed by atoms with Crippen LogP contribution in [-0.2, 0) is 4.79 Å². The van der Waals surface area contributed by atoms with Gasteiger partial charge in [-0.15, -0.1) is 15.3 Å². The van der Waals surface area contributed by atoms with E-state index in [4.69, 9.17) is 9.47 Å². The number of hydrogen-bond donors (Lipinski definition) is 1. The minimum absolute atomic E-state index is 0.105. The second-order valence-electron chi connectivity index (χ2n) is 7.19. The van der Waals surface area contributed by atoms with Gasteiger partial charge in [-0.05, 0) is 32.0 Å². The minimum atomic E-state index is -0.227. The highest BCUT2D eigenvalue weighted by Gasteiger charge is 2.33. The van der Waals surface area contributed by atoms with E-state index in [0.29, 0.717) is 41.2 Å². The van der Waals surface area contributed by atoms with Gasteiger partial charge in [0.2, 0.25) is 5.91 Å². The number of nitrogens with one attached hydrogen (secondary N) is 1. The first-order chi connectivity index (χ1) is 15.1. The van der Waals surface area contributed by atoms with Gasteiger partial charge in [0, 0.05) is 23.5 Å². The van der Waals surface area contributed by atoms with Crippen molar-refractivity contribution in [2.24, 2.45) is 0 Å². The fraction of sp³-hybridized carbons (Fsp3) is 0.286. The molecule has 0 fully saturated rings. The summed E-state index contributed by atoms with van der Waals surface area (Å²) in [6, 6.07) is 9.32. The molecule has 5 rings (SSSR count). The highest BCUT2D eigenvalue weighted by atomic mass is 16.5. The number of aryl methyl sites for hydroxylation is 1. The summed E-state index contributed by atoms with van der Waals surface area (Å²) in [7, 11) is 1.60. The molecule has 10 heteroatoms. The lowest BCUT2D eigenvalue weighted by Crippen LogP contribution is -2.25. The van der Waals surface area contributed by atoms with E-state index in [-0.39, 0.29) is 18.2 Å². The first kappa shape index (κ1) is 19.0. The van der Waals surface area contributed by atoms with Crippen LogP contribution in [0.15, 0.2) is 36.5 Å². The largest absolute Gasteiger partial charge is 0.493 e. The predicted molar refractivity (Wildman–Crippen MR) is 112 cm³/mol. The molecular formula is C21H21N7O3. The lowest BCUT2D eigenvalue weighted by Gasteiger charge is -2.26. The molecular weight excluding hydrogens is 398 g/mol. The van der Waals surface area contributed by atoms with Crippen molar-refractivity contribution in [3.8, 4) is 17.3 Å². The molecule has 1 aliphatic heterocycles. The standard InChI is InChI=1S/C21H21N7O3/c1-4-31-20-13(6-5-7-16(20)30-3)14-10-19(29)23-21-15(14)11-22-28(21)18-9-8-17-25-24-12(2)27(17)26-18/h5-9,11,14H,4,10H2,1-3H3,(H,23,29)/t14-/m0/s1. The molecule has 0 saturated carbocycles. The lowest BCUT2D eigenvalue weighted by atomic mass is 9.86.